The molecule has 1 heterocycles. The number of hydrogen-bond acceptors (Lipinski definition) is 3. The van der Waals surface area contributed by atoms with Crippen molar-refractivity contribution in [3.63, 3.8) is 0 Å². The van der Waals surface area contributed by atoms with Gasteiger partial charge in [-0.2, -0.15) is 0 Å². The van der Waals surface area contributed by atoms with Crippen molar-refractivity contribution < 1.29 is 4.92 Å². The Balaban J connectivity index is 2.79. The van der Waals surface area contributed by atoms with Gasteiger partial charge in [0.05, 0.1) is 4.92 Å². The van der Waals surface area contributed by atoms with Crippen LogP contribution in [0.2, 0.25) is 0 Å². The predicted octanol–water partition coefficient (Wildman–Crippen LogP) is 3.88. The van der Waals surface area contributed by atoms with Gasteiger partial charge in [-0.1, -0.05) is 23.5 Å². The van der Waals surface area contributed by atoms with Crippen molar-refractivity contribution in [2.75, 3.05) is 0 Å². The number of hydrogen-bond donors (Lipinski definition) is 0. The maximum Gasteiger partial charge on any atom is 0.339 e. The highest BCUT2D eigenvalue weighted by Crippen LogP contribution is 2.41. The minimum absolute atomic E-state index is 0.172. The Morgan fingerprint density at radius 3 is 2.86 bits per heavy atom. The number of nitrogens with zero attached hydrogens (tertiary/aromatic N) is 1. The molecule has 0 aliphatic carbocycles. The largest absolute Gasteiger partial charge is 0.339 e. The molecule has 0 saturated carbocycles. The summed E-state index contributed by atoms with van der Waals surface area (Å²) in [6.07, 6.45) is 0. The van der Waals surface area contributed by atoms with Crippen LogP contribution in [0.25, 0.3) is 10.1 Å². The summed E-state index contributed by atoms with van der Waals surface area (Å²) in [7, 11) is 0. The van der Waals surface area contributed by atoms with E-state index in [1.807, 2.05) is 25.1 Å². The van der Waals surface area contributed by atoms with Crippen molar-refractivity contribution in [2.24, 2.45) is 0 Å². The first-order chi connectivity index (χ1) is 6.59. The molecular weight excluding hydrogens is 266 g/mol. The number of thiophene rings is 1. The van der Waals surface area contributed by atoms with E-state index >= 15 is 0 Å². The molecule has 72 valence electrons. The van der Waals surface area contributed by atoms with Gasteiger partial charge in [0, 0.05) is 10.1 Å². The van der Waals surface area contributed by atoms with Crippen LogP contribution in [0.1, 0.15) is 5.56 Å². The van der Waals surface area contributed by atoms with Gasteiger partial charge in [-0.25, -0.2) is 0 Å². The number of halogens is 1. The summed E-state index contributed by atoms with van der Waals surface area (Å²) >= 11 is 4.45. The molecule has 0 fully saturated rings. The van der Waals surface area contributed by atoms with Gasteiger partial charge in [0.15, 0.2) is 0 Å². The molecule has 3 nitrogen and oxygen atoms in total. The Bertz CT molecular complexity index is 521. The fraction of sp³-hybridized carbons (Fsp3) is 0.111. The molecule has 0 N–H and O–H groups in total. The maximum absolute atomic E-state index is 10.7. The highest BCUT2D eigenvalue weighted by molar-refractivity contribution is 9.10. The first-order valence-corrected chi connectivity index (χ1v) is 5.53. The predicted molar refractivity (Wildman–Crippen MR) is 60.9 cm³/mol. The fourth-order valence-corrected chi connectivity index (χ4v) is 3.15. The Labute approximate surface area is 92.6 Å². The lowest BCUT2D eigenvalue weighted by Crippen LogP contribution is -1.82. The van der Waals surface area contributed by atoms with Gasteiger partial charge < -0.3 is 0 Å². The topological polar surface area (TPSA) is 43.1 Å². The van der Waals surface area contributed by atoms with Crippen LogP contribution in [-0.4, -0.2) is 4.92 Å². The summed E-state index contributed by atoms with van der Waals surface area (Å²) < 4.78 is 1.53. The number of benzene rings is 1. The SMILES string of the molecule is Cc1ccc2c(Br)c([N+](=O)[O-])sc2c1. The van der Waals surface area contributed by atoms with E-state index < -0.39 is 0 Å². The zero-order valence-corrected chi connectivity index (χ0v) is 9.68. The lowest BCUT2D eigenvalue weighted by atomic mass is 10.2. The summed E-state index contributed by atoms with van der Waals surface area (Å²) in [6, 6.07) is 5.81. The van der Waals surface area contributed by atoms with E-state index in [9.17, 15) is 10.1 Å². The molecule has 0 aliphatic heterocycles. The van der Waals surface area contributed by atoms with Crippen molar-refractivity contribution in [3.8, 4) is 0 Å². The fourth-order valence-electron chi connectivity index (χ4n) is 1.28. The molecular formula is C9H6BrNO2S. The Kier molecular flexibility index (Phi) is 2.28. The van der Waals surface area contributed by atoms with Gasteiger partial charge in [-0.15, -0.1) is 0 Å². The second-order valence-corrected chi connectivity index (χ2v) is 4.80. The highest BCUT2D eigenvalue weighted by atomic mass is 79.9. The second-order valence-electron chi connectivity index (χ2n) is 2.98. The van der Waals surface area contributed by atoms with E-state index in [1.54, 1.807) is 0 Å². The van der Waals surface area contributed by atoms with Crippen molar-refractivity contribution in [2.45, 2.75) is 6.92 Å². The molecule has 1 aromatic heterocycles. The van der Waals surface area contributed by atoms with Crippen LogP contribution >= 0.6 is 27.3 Å². The molecule has 0 aliphatic rings. The van der Waals surface area contributed by atoms with E-state index in [2.05, 4.69) is 15.9 Å². The van der Waals surface area contributed by atoms with Gasteiger partial charge in [0.1, 0.15) is 4.47 Å². The van der Waals surface area contributed by atoms with Crippen LogP contribution in [-0.2, 0) is 0 Å². The number of rotatable bonds is 1. The van der Waals surface area contributed by atoms with E-state index in [1.165, 1.54) is 11.3 Å². The second kappa shape index (κ2) is 3.33. The minimum Gasteiger partial charge on any atom is -0.258 e. The van der Waals surface area contributed by atoms with Gasteiger partial charge >= 0.3 is 5.00 Å². The lowest BCUT2D eigenvalue weighted by molar-refractivity contribution is -0.380. The Morgan fingerprint density at radius 2 is 2.21 bits per heavy atom. The van der Waals surface area contributed by atoms with Crippen molar-refractivity contribution in [3.05, 3.63) is 38.3 Å². The number of nitro groups is 1. The summed E-state index contributed by atoms with van der Waals surface area (Å²) in [4.78, 5) is 10.3. The summed E-state index contributed by atoms with van der Waals surface area (Å²) in [6.45, 7) is 1.97. The molecule has 0 radical (unpaired) electrons. The minimum atomic E-state index is -0.357. The van der Waals surface area contributed by atoms with Crippen LogP contribution in [0.5, 0.6) is 0 Å². The average molecular weight is 272 g/mol. The zero-order valence-electron chi connectivity index (χ0n) is 7.28. The zero-order chi connectivity index (χ0) is 10.3. The molecule has 14 heavy (non-hydrogen) atoms. The van der Waals surface area contributed by atoms with Crippen molar-refractivity contribution in [1.82, 2.24) is 0 Å². The third kappa shape index (κ3) is 1.42. The van der Waals surface area contributed by atoms with E-state index in [-0.39, 0.29) is 9.92 Å². The van der Waals surface area contributed by atoms with Gasteiger partial charge in [-0.3, -0.25) is 10.1 Å². The van der Waals surface area contributed by atoms with Crippen LogP contribution in [0.3, 0.4) is 0 Å². The summed E-state index contributed by atoms with van der Waals surface area (Å²) in [5, 5.41) is 11.7. The smallest absolute Gasteiger partial charge is 0.258 e. The summed E-state index contributed by atoms with van der Waals surface area (Å²) in [5.41, 5.74) is 1.11. The van der Waals surface area contributed by atoms with Crippen LogP contribution in [0.4, 0.5) is 5.00 Å². The molecule has 1 aromatic carbocycles. The van der Waals surface area contributed by atoms with Crippen LogP contribution in [0.15, 0.2) is 22.7 Å². The number of aryl methyl sites for hydroxylation is 1. The van der Waals surface area contributed by atoms with E-state index in [4.69, 9.17) is 0 Å². The van der Waals surface area contributed by atoms with Gasteiger partial charge in [0.2, 0.25) is 0 Å². The Morgan fingerprint density at radius 1 is 1.50 bits per heavy atom. The monoisotopic (exact) mass is 271 g/mol. The molecule has 2 aromatic rings. The molecule has 5 heteroatoms. The van der Waals surface area contributed by atoms with Crippen LogP contribution in [0, 0.1) is 17.0 Å². The average Bonchev–Trinajstić information content (AvgIpc) is 2.43. The molecule has 0 spiro atoms. The third-order valence-corrected chi connectivity index (χ3v) is 4.10. The molecule has 0 unspecified atom stereocenters. The molecule has 0 amide bonds. The molecule has 2 rings (SSSR count). The summed E-state index contributed by atoms with van der Waals surface area (Å²) in [5.74, 6) is 0. The Hall–Kier alpha value is -0.940. The first-order valence-electron chi connectivity index (χ1n) is 3.92. The van der Waals surface area contributed by atoms with Gasteiger partial charge in [0.25, 0.3) is 0 Å². The normalized spacial score (nSPS) is 10.7. The van der Waals surface area contributed by atoms with Crippen molar-refractivity contribution in [1.29, 1.82) is 0 Å². The standard InChI is InChI=1S/C9H6BrNO2S/c1-5-2-3-6-7(4-5)14-9(8(6)10)11(12)13/h2-4H,1H3. The van der Waals surface area contributed by atoms with Crippen LogP contribution < -0.4 is 0 Å². The lowest BCUT2D eigenvalue weighted by Gasteiger charge is -1.91. The molecule has 0 saturated heterocycles. The molecule has 0 bridgehead atoms. The quantitative estimate of drug-likeness (QED) is 0.584. The molecule has 0 atom stereocenters. The van der Waals surface area contributed by atoms with Gasteiger partial charge in [-0.05, 0) is 34.5 Å². The first kappa shape index (κ1) is 9.61. The maximum atomic E-state index is 10.7. The number of fused-ring (bicyclic) bond motifs is 1. The third-order valence-electron chi connectivity index (χ3n) is 1.93. The highest BCUT2D eigenvalue weighted by Gasteiger charge is 2.18. The van der Waals surface area contributed by atoms with E-state index in [0.717, 1.165) is 15.6 Å². The van der Waals surface area contributed by atoms with Crippen molar-refractivity contribution >= 4 is 42.4 Å². The van der Waals surface area contributed by atoms with E-state index in [0.29, 0.717) is 4.47 Å².